The van der Waals surface area contributed by atoms with E-state index < -0.39 is 0 Å². The normalized spacial score (nSPS) is 10.7. The van der Waals surface area contributed by atoms with Crippen molar-refractivity contribution in [2.24, 2.45) is 0 Å². The fraction of sp³-hybridized carbons (Fsp3) is 0.333. The number of nitrogens with one attached hydrogen (secondary N) is 1. The van der Waals surface area contributed by atoms with Crippen molar-refractivity contribution in [2.75, 3.05) is 14.1 Å². The van der Waals surface area contributed by atoms with Crippen LogP contribution in [0.3, 0.4) is 0 Å². The summed E-state index contributed by atoms with van der Waals surface area (Å²) in [5.74, 6) is 0.0755. The van der Waals surface area contributed by atoms with Gasteiger partial charge in [-0.1, -0.05) is 6.07 Å². The number of ketones is 1. The largest absolute Gasteiger partial charge is 0.383 e. The molecule has 0 aromatic carbocycles. The predicted octanol–water partition coefficient (Wildman–Crippen LogP) is 1.04. The van der Waals surface area contributed by atoms with Crippen molar-refractivity contribution in [3.63, 3.8) is 0 Å². The molecule has 4 heteroatoms. The number of hydrogen-bond donors (Lipinski definition) is 1. The molecule has 1 N–H and O–H groups in total. The first kappa shape index (κ1) is 12.2. The second-order valence-corrected chi connectivity index (χ2v) is 3.92. The predicted molar refractivity (Wildman–Crippen MR) is 64.2 cm³/mol. The molecule has 86 valence electrons. The molecular weight excluding hydrogens is 204 g/mol. The highest BCUT2D eigenvalue weighted by Gasteiger charge is 2.03. The molecule has 16 heavy (non-hydrogen) atoms. The van der Waals surface area contributed by atoms with Crippen LogP contribution in [-0.4, -0.2) is 29.8 Å². The number of H-pyrrole nitrogens is 1. The first-order valence-corrected chi connectivity index (χ1v) is 5.05. The minimum absolute atomic E-state index is 0.0755. The number of Topliss-reactive ketones (excluding diaryl/α,β-unsaturated/α-hetero) is 1. The lowest BCUT2D eigenvalue weighted by Crippen LogP contribution is -2.10. The summed E-state index contributed by atoms with van der Waals surface area (Å²) < 4.78 is 0. The van der Waals surface area contributed by atoms with Crippen LogP contribution in [0.25, 0.3) is 6.08 Å². The maximum absolute atomic E-state index is 11.2. The Hall–Kier alpha value is -1.84. The van der Waals surface area contributed by atoms with E-state index in [1.54, 1.807) is 12.1 Å². The zero-order valence-corrected chi connectivity index (χ0v) is 9.78. The molecule has 0 aliphatic carbocycles. The Morgan fingerprint density at radius 3 is 2.69 bits per heavy atom. The Labute approximate surface area is 94.6 Å². The van der Waals surface area contributed by atoms with Crippen molar-refractivity contribution in [3.8, 4) is 0 Å². The van der Waals surface area contributed by atoms with Crippen molar-refractivity contribution < 1.29 is 4.79 Å². The van der Waals surface area contributed by atoms with Crippen molar-refractivity contribution in [3.05, 3.63) is 39.9 Å². The van der Waals surface area contributed by atoms with Gasteiger partial charge < -0.3 is 9.88 Å². The highest BCUT2D eigenvalue weighted by Crippen LogP contribution is 2.07. The maximum atomic E-state index is 11.2. The van der Waals surface area contributed by atoms with Gasteiger partial charge in [-0.15, -0.1) is 0 Å². The van der Waals surface area contributed by atoms with Gasteiger partial charge in [0.25, 0.3) is 0 Å². The maximum Gasteiger partial charge on any atom is 0.248 e. The van der Waals surface area contributed by atoms with Crippen LogP contribution < -0.4 is 5.56 Å². The molecular formula is C12H16N2O2. The Bertz CT molecular complexity index is 458. The summed E-state index contributed by atoms with van der Waals surface area (Å²) >= 11 is 0. The van der Waals surface area contributed by atoms with Gasteiger partial charge in [-0.25, -0.2) is 0 Å². The molecule has 1 rings (SSSR count). The van der Waals surface area contributed by atoms with E-state index in [0.717, 1.165) is 5.56 Å². The quantitative estimate of drug-likeness (QED) is 0.824. The van der Waals surface area contributed by atoms with Gasteiger partial charge in [0.2, 0.25) is 5.56 Å². The first-order chi connectivity index (χ1) is 7.49. The van der Waals surface area contributed by atoms with Crippen molar-refractivity contribution >= 4 is 11.9 Å². The molecule has 0 fully saturated rings. The van der Waals surface area contributed by atoms with E-state index in [1.165, 1.54) is 13.0 Å². The minimum atomic E-state index is -0.161. The van der Waals surface area contributed by atoms with Crippen LogP contribution in [0.1, 0.15) is 18.2 Å². The standard InChI is InChI=1S/C12H16N2O2/c1-9(15)8-10-4-5-12(16)13-11(10)6-7-14(2)3/h4-7H,8H2,1-3H3,(H,13,16)/b7-6+. The highest BCUT2D eigenvalue weighted by molar-refractivity contribution is 5.79. The van der Waals surface area contributed by atoms with E-state index in [9.17, 15) is 9.59 Å². The minimum Gasteiger partial charge on any atom is -0.383 e. The lowest BCUT2D eigenvalue weighted by molar-refractivity contribution is -0.116. The molecule has 0 radical (unpaired) electrons. The number of aromatic nitrogens is 1. The van der Waals surface area contributed by atoms with Crippen molar-refractivity contribution in [1.29, 1.82) is 0 Å². The van der Waals surface area contributed by atoms with Crippen LogP contribution in [0.15, 0.2) is 23.1 Å². The van der Waals surface area contributed by atoms with Crippen LogP contribution >= 0.6 is 0 Å². The zero-order valence-electron chi connectivity index (χ0n) is 9.78. The highest BCUT2D eigenvalue weighted by atomic mass is 16.1. The lowest BCUT2D eigenvalue weighted by atomic mass is 10.1. The van der Waals surface area contributed by atoms with E-state index in [0.29, 0.717) is 12.1 Å². The third-order valence-corrected chi connectivity index (χ3v) is 2.02. The van der Waals surface area contributed by atoms with Gasteiger partial charge in [0.1, 0.15) is 5.78 Å². The summed E-state index contributed by atoms with van der Waals surface area (Å²) in [4.78, 5) is 26.8. The molecule has 0 atom stereocenters. The lowest BCUT2D eigenvalue weighted by Gasteiger charge is -2.06. The molecule has 0 saturated heterocycles. The molecule has 0 spiro atoms. The van der Waals surface area contributed by atoms with E-state index in [-0.39, 0.29) is 11.3 Å². The third kappa shape index (κ3) is 3.73. The number of rotatable bonds is 4. The van der Waals surface area contributed by atoms with Gasteiger partial charge in [0.05, 0.1) is 0 Å². The number of nitrogens with zero attached hydrogens (tertiary/aromatic N) is 1. The van der Waals surface area contributed by atoms with Crippen LogP contribution in [0.2, 0.25) is 0 Å². The fourth-order valence-electron chi connectivity index (χ4n) is 1.32. The summed E-state index contributed by atoms with van der Waals surface area (Å²) in [6, 6.07) is 3.13. The topological polar surface area (TPSA) is 53.2 Å². The van der Waals surface area contributed by atoms with Gasteiger partial charge >= 0.3 is 0 Å². The van der Waals surface area contributed by atoms with Gasteiger partial charge in [0, 0.05) is 38.5 Å². The molecule has 0 amide bonds. The SMILES string of the molecule is CC(=O)Cc1ccc(=O)[nH]c1/C=C/N(C)C. The molecule has 0 unspecified atom stereocenters. The third-order valence-electron chi connectivity index (χ3n) is 2.02. The van der Waals surface area contributed by atoms with Gasteiger partial charge in [0.15, 0.2) is 0 Å². The molecule has 0 aliphatic rings. The van der Waals surface area contributed by atoms with Gasteiger partial charge in [-0.05, 0) is 18.6 Å². The second-order valence-electron chi connectivity index (χ2n) is 3.92. The summed E-state index contributed by atoms with van der Waals surface area (Å²) in [7, 11) is 3.78. The smallest absolute Gasteiger partial charge is 0.248 e. The van der Waals surface area contributed by atoms with Crippen molar-refractivity contribution in [1.82, 2.24) is 9.88 Å². The van der Waals surface area contributed by atoms with Crippen molar-refractivity contribution in [2.45, 2.75) is 13.3 Å². The number of aromatic amines is 1. The van der Waals surface area contributed by atoms with E-state index in [1.807, 2.05) is 25.2 Å². The monoisotopic (exact) mass is 220 g/mol. The Balaban J connectivity index is 3.07. The number of carbonyl (C=O) groups excluding carboxylic acids is 1. The van der Waals surface area contributed by atoms with Crippen LogP contribution in [-0.2, 0) is 11.2 Å². The van der Waals surface area contributed by atoms with E-state index in [2.05, 4.69) is 4.98 Å². The molecule has 0 aliphatic heterocycles. The van der Waals surface area contributed by atoms with Gasteiger partial charge in [-0.2, -0.15) is 0 Å². The Morgan fingerprint density at radius 1 is 1.44 bits per heavy atom. The second kappa shape index (κ2) is 5.30. The molecule has 1 aromatic rings. The fourth-order valence-corrected chi connectivity index (χ4v) is 1.32. The summed E-state index contributed by atoms with van der Waals surface area (Å²) in [5.41, 5.74) is 1.37. The summed E-state index contributed by atoms with van der Waals surface area (Å²) in [6.07, 6.45) is 3.96. The van der Waals surface area contributed by atoms with Crippen LogP contribution in [0.5, 0.6) is 0 Å². The van der Waals surface area contributed by atoms with Crippen LogP contribution in [0, 0.1) is 0 Å². The van der Waals surface area contributed by atoms with Crippen LogP contribution in [0.4, 0.5) is 0 Å². The summed E-state index contributed by atoms with van der Waals surface area (Å²) in [5, 5.41) is 0. The van der Waals surface area contributed by atoms with E-state index >= 15 is 0 Å². The zero-order chi connectivity index (χ0) is 12.1. The first-order valence-electron chi connectivity index (χ1n) is 5.05. The number of pyridine rings is 1. The van der Waals surface area contributed by atoms with E-state index in [4.69, 9.17) is 0 Å². The number of carbonyl (C=O) groups is 1. The Morgan fingerprint density at radius 2 is 2.12 bits per heavy atom. The van der Waals surface area contributed by atoms with Gasteiger partial charge in [-0.3, -0.25) is 9.59 Å². The molecule has 4 nitrogen and oxygen atoms in total. The summed E-state index contributed by atoms with van der Waals surface area (Å²) in [6.45, 7) is 1.53. The molecule has 0 bridgehead atoms. The molecule has 1 heterocycles. The molecule has 0 saturated carbocycles. The Kier molecular flexibility index (Phi) is 4.05. The average molecular weight is 220 g/mol. The number of hydrogen-bond acceptors (Lipinski definition) is 3. The average Bonchev–Trinajstić information content (AvgIpc) is 2.17. The molecule has 1 aromatic heterocycles.